The average molecular weight is 282 g/mol. The van der Waals surface area contributed by atoms with E-state index < -0.39 is 6.10 Å². The highest BCUT2D eigenvalue weighted by Gasteiger charge is 2.22. The molecule has 112 valence electrons. The molecule has 0 saturated carbocycles. The van der Waals surface area contributed by atoms with Gasteiger partial charge in [-0.15, -0.1) is 0 Å². The molecule has 0 heterocycles. The van der Waals surface area contributed by atoms with Crippen LogP contribution in [0.4, 0.5) is 9.18 Å². The van der Waals surface area contributed by atoms with Crippen molar-refractivity contribution in [2.24, 2.45) is 0 Å². The molecule has 1 rings (SSSR count). The highest BCUT2D eigenvalue weighted by molar-refractivity contribution is 5.74. The third-order valence-corrected chi connectivity index (χ3v) is 3.19. The Morgan fingerprint density at radius 2 is 1.95 bits per heavy atom. The van der Waals surface area contributed by atoms with Crippen molar-refractivity contribution in [2.45, 2.75) is 32.3 Å². The molecule has 1 aromatic rings. The van der Waals surface area contributed by atoms with Crippen LogP contribution < -0.4 is 5.32 Å². The van der Waals surface area contributed by atoms with Gasteiger partial charge in [-0.3, -0.25) is 0 Å². The molecule has 4 nitrogen and oxygen atoms in total. The molecule has 0 fully saturated rings. The number of hydrogen-bond donors (Lipinski definition) is 2. The highest BCUT2D eigenvalue weighted by Crippen LogP contribution is 2.22. The van der Waals surface area contributed by atoms with E-state index in [9.17, 15) is 14.3 Å². The number of amides is 2. The molecule has 1 aromatic carbocycles. The topological polar surface area (TPSA) is 52.6 Å². The highest BCUT2D eigenvalue weighted by atomic mass is 19.1. The Hall–Kier alpha value is -1.62. The lowest BCUT2D eigenvalue weighted by molar-refractivity contribution is 0.143. The Labute approximate surface area is 119 Å². The van der Waals surface area contributed by atoms with Crippen molar-refractivity contribution in [3.05, 3.63) is 35.6 Å². The van der Waals surface area contributed by atoms with Crippen molar-refractivity contribution in [3.8, 4) is 0 Å². The van der Waals surface area contributed by atoms with Gasteiger partial charge in [0.15, 0.2) is 0 Å². The van der Waals surface area contributed by atoms with E-state index in [-0.39, 0.29) is 23.8 Å². The fourth-order valence-corrected chi connectivity index (χ4v) is 1.91. The number of benzene rings is 1. The molecule has 0 aliphatic heterocycles. The van der Waals surface area contributed by atoms with E-state index in [4.69, 9.17) is 0 Å². The molecule has 2 N–H and O–H groups in total. The zero-order valence-electron chi connectivity index (χ0n) is 12.5. The van der Waals surface area contributed by atoms with Crippen molar-refractivity contribution in [2.75, 3.05) is 20.1 Å². The third kappa shape index (κ3) is 4.81. The summed E-state index contributed by atoms with van der Waals surface area (Å²) in [6, 6.07) is 6.04. The number of rotatable bonds is 5. The first kappa shape index (κ1) is 16.4. The Kier molecular flexibility index (Phi) is 5.51. The lowest BCUT2D eigenvalue weighted by atomic mass is 9.84. The molecule has 0 spiro atoms. The van der Waals surface area contributed by atoms with Crippen LogP contribution in [0.3, 0.4) is 0 Å². The molecule has 2 amide bonds. The van der Waals surface area contributed by atoms with E-state index in [0.717, 1.165) is 5.56 Å². The molecule has 0 aliphatic carbocycles. The van der Waals surface area contributed by atoms with E-state index >= 15 is 0 Å². The van der Waals surface area contributed by atoms with E-state index in [0.29, 0.717) is 6.54 Å². The monoisotopic (exact) mass is 282 g/mol. The summed E-state index contributed by atoms with van der Waals surface area (Å²) in [4.78, 5) is 13.3. The van der Waals surface area contributed by atoms with Crippen LogP contribution in [0, 0.1) is 5.82 Å². The van der Waals surface area contributed by atoms with Crippen LogP contribution in [0.5, 0.6) is 0 Å². The predicted molar refractivity (Wildman–Crippen MR) is 77.1 cm³/mol. The number of urea groups is 1. The second-order valence-electron chi connectivity index (χ2n) is 5.78. The minimum absolute atomic E-state index is 0.235. The van der Waals surface area contributed by atoms with Gasteiger partial charge in [0.2, 0.25) is 0 Å². The third-order valence-electron chi connectivity index (χ3n) is 3.19. The zero-order valence-corrected chi connectivity index (χ0v) is 12.5. The summed E-state index contributed by atoms with van der Waals surface area (Å²) in [6.07, 6.45) is -0.559. The van der Waals surface area contributed by atoms with E-state index in [1.54, 1.807) is 26.1 Å². The van der Waals surface area contributed by atoms with Gasteiger partial charge >= 0.3 is 6.03 Å². The Balaban J connectivity index is 2.59. The minimum Gasteiger partial charge on any atom is -0.392 e. The summed E-state index contributed by atoms with van der Waals surface area (Å²) in [5, 5.41) is 12.1. The second-order valence-corrected chi connectivity index (χ2v) is 5.78. The second kappa shape index (κ2) is 6.70. The predicted octanol–water partition coefficient (Wildman–Crippen LogP) is 2.13. The van der Waals surface area contributed by atoms with Crippen molar-refractivity contribution in [3.63, 3.8) is 0 Å². The maximum Gasteiger partial charge on any atom is 0.317 e. The Bertz CT molecular complexity index is 444. The van der Waals surface area contributed by atoms with Gasteiger partial charge in [0.05, 0.1) is 6.10 Å². The number of carbonyl (C=O) groups is 1. The molecule has 5 heteroatoms. The Morgan fingerprint density at radius 1 is 1.40 bits per heavy atom. The fourth-order valence-electron chi connectivity index (χ4n) is 1.91. The summed E-state index contributed by atoms with van der Waals surface area (Å²) < 4.78 is 12.9. The van der Waals surface area contributed by atoms with Crippen molar-refractivity contribution in [1.82, 2.24) is 10.2 Å². The fraction of sp³-hybridized carbons (Fsp3) is 0.533. The first-order valence-electron chi connectivity index (χ1n) is 6.65. The van der Waals surface area contributed by atoms with Gasteiger partial charge < -0.3 is 15.3 Å². The van der Waals surface area contributed by atoms with Crippen LogP contribution >= 0.6 is 0 Å². The molecule has 20 heavy (non-hydrogen) atoms. The summed E-state index contributed by atoms with van der Waals surface area (Å²) in [6.45, 7) is 6.31. The summed E-state index contributed by atoms with van der Waals surface area (Å²) in [5.41, 5.74) is 0.659. The van der Waals surface area contributed by atoms with Gasteiger partial charge in [-0.05, 0) is 24.6 Å². The standard InChI is InChI=1S/C15H23FN2O2/c1-11(19)9-18(4)14(20)17-10-15(2,3)12-5-7-13(16)8-6-12/h5-8,11,19H,9-10H2,1-4H3,(H,17,20). The molecule has 0 bridgehead atoms. The number of carbonyl (C=O) groups excluding carboxylic acids is 1. The SMILES string of the molecule is CC(O)CN(C)C(=O)NCC(C)(C)c1ccc(F)cc1. The number of nitrogens with zero attached hydrogens (tertiary/aromatic N) is 1. The average Bonchev–Trinajstić information content (AvgIpc) is 2.35. The number of likely N-dealkylation sites (N-methyl/N-ethyl adjacent to an activating group) is 1. The van der Waals surface area contributed by atoms with Gasteiger partial charge in [0.25, 0.3) is 0 Å². The van der Waals surface area contributed by atoms with Gasteiger partial charge in [0, 0.05) is 25.6 Å². The van der Waals surface area contributed by atoms with Crippen LogP contribution in [0.25, 0.3) is 0 Å². The summed E-state index contributed by atoms with van der Waals surface area (Å²) in [5.74, 6) is -0.273. The molecule has 0 aromatic heterocycles. The largest absolute Gasteiger partial charge is 0.392 e. The number of aliphatic hydroxyl groups is 1. The Morgan fingerprint density at radius 3 is 2.45 bits per heavy atom. The van der Waals surface area contributed by atoms with Crippen LogP contribution in [-0.2, 0) is 5.41 Å². The molecule has 1 unspecified atom stereocenters. The van der Waals surface area contributed by atoms with Crippen LogP contribution in [-0.4, -0.2) is 42.3 Å². The molecule has 0 aliphatic rings. The van der Waals surface area contributed by atoms with Gasteiger partial charge in [-0.1, -0.05) is 26.0 Å². The lowest BCUT2D eigenvalue weighted by Crippen LogP contribution is -2.45. The number of aliphatic hydroxyl groups excluding tert-OH is 1. The molecule has 0 radical (unpaired) electrons. The number of nitrogens with one attached hydrogen (secondary N) is 1. The van der Waals surface area contributed by atoms with E-state index in [1.165, 1.54) is 17.0 Å². The first-order chi connectivity index (χ1) is 9.22. The van der Waals surface area contributed by atoms with Crippen LogP contribution in [0.15, 0.2) is 24.3 Å². The molecule has 0 saturated heterocycles. The maximum atomic E-state index is 12.9. The quantitative estimate of drug-likeness (QED) is 0.869. The zero-order chi connectivity index (χ0) is 15.3. The molecule has 1 atom stereocenters. The summed E-state index contributed by atoms with van der Waals surface area (Å²) >= 11 is 0. The van der Waals surface area contributed by atoms with E-state index in [2.05, 4.69) is 5.32 Å². The van der Waals surface area contributed by atoms with Gasteiger partial charge in [-0.2, -0.15) is 0 Å². The van der Waals surface area contributed by atoms with Crippen molar-refractivity contribution < 1.29 is 14.3 Å². The van der Waals surface area contributed by atoms with Gasteiger partial charge in [-0.25, -0.2) is 9.18 Å². The van der Waals surface area contributed by atoms with Crippen LogP contribution in [0.1, 0.15) is 26.3 Å². The minimum atomic E-state index is -0.559. The normalized spacial score (nSPS) is 12.9. The van der Waals surface area contributed by atoms with E-state index in [1.807, 2.05) is 13.8 Å². The van der Waals surface area contributed by atoms with Crippen molar-refractivity contribution >= 4 is 6.03 Å². The van der Waals surface area contributed by atoms with Gasteiger partial charge in [0.1, 0.15) is 5.82 Å². The maximum absolute atomic E-state index is 12.9. The number of hydrogen-bond acceptors (Lipinski definition) is 2. The number of halogens is 1. The summed E-state index contributed by atoms with van der Waals surface area (Å²) in [7, 11) is 1.63. The smallest absolute Gasteiger partial charge is 0.317 e. The molecular weight excluding hydrogens is 259 g/mol. The molecular formula is C15H23FN2O2. The van der Waals surface area contributed by atoms with Crippen molar-refractivity contribution in [1.29, 1.82) is 0 Å². The first-order valence-corrected chi connectivity index (χ1v) is 6.65. The lowest BCUT2D eigenvalue weighted by Gasteiger charge is -2.27. The van der Waals surface area contributed by atoms with Crippen LogP contribution in [0.2, 0.25) is 0 Å².